The molecule has 1 atom stereocenters. The van der Waals surface area contributed by atoms with Crippen molar-refractivity contribution in [3.63, 3.8) is 0 Å². The number of aliphatic carboxylic acids is 1. The Kier molecular flexibility index (Phi) is 3.64. The third-order valence-corrected chi connectivity index (χ3v) is 4.12. The average molecular weight is 286 g/mol. The van der Waals surface area contributed by atoms with Gasteiger partial charge in [-0.3, -0.25) is 4.79 Å². The van der Waals surface area contributed by atoms with Gasteiger partial charge in [0.1, 0.15) is 0 Å². The quantitative estimate of drug-likeness (QED) is 0.818. The van der Waals surface area contributed by atoms with E-state index in [1.807, 2.05) is 24.3 Å². The zero-order chi connectivity index (χ0) is 14.8. The first-order valence-corrected chi connectivity index (χ1v) is 7.16. The van der Waals surface area contributed by atoms with Gasteiger partial charge in [-0.15, -0.1) is 0 Å². The van der Waals surface area contributed by atoms with Crippen molar-refractivity contribution in [2.75, 3.05) is 6.54 Å². The minimum atomic E-state index is -0.887. The fourth-order valence-electron chi connectivity index (χ4n) is 2.97. The van der Waals surface area contributed by atoms with E-state index < -0.39 is 11.9 Å². The Morgan fingerprint density at radius 1 is 1.19 bits per heavy atom. The van der Waals surface area contributed by atoms with Gasteiger partial charge in [0.25, 0.3) is 0 Å². The van der Waals surface area contributed by atoms with Gasteiger partial charge in [0.05, 0.1) is 5.92 Å². The van der Waals surface area contributed by atoms with Crippen LogP contribution in [0, 0.1) is 0 Å². The van der Waals surface area contributed by atoms with Gasteiger partial charge >= 0.3 is 12.0 Å². The van der Waals surface area contributed by atoms with Crippen LogP contribution in [-0.4, -0.2) is 34.6 Å². The molecule has 1 aromatic rings. The van der Waals surface area contributed by atoms with Crippen LogP contribution in [0.1, 0.15) is 29.9 Å². The SMILES string of the molecule is O=C(O)C1CN(C(=O)NC2CC=CC2)Cc2ccccc21. The first-order chi connectivity index (χ1) is 10.1. The molecule has 3 rings (SSSR count). The molecule has 1 aliphatic carbocycles. The first-order valence-electron chi connectivity index (χ1n) is 7.16. The lowest BCUT2D eigenvalue weighted by Gasteiger charge is -2.33. The van der Waals surface area contributed by atoms with Gasteiger partial charge in [-0.2, -0.15) is 0 Å². The Labute approximate surface area is 123 Å². The molecule has 2 N–H and O–H groups in total. The van der Waals surface area contributed by atoms with E-state index >= 15 is 0 Å². The topological polar surface area (TPSA) is 69.6 Å². The number of benzene rings is 1. The van der Waals surface area contributed by atoms with Gasteiger partial charge in [-0.05, 0) is 24.0 Å². The molecular weight excluding hydrogens is 268 g/mol. The lowest BCUT2D eigenvalue weighted by molar-refractivity contribution is -0.139. The van der Waals surface area contributed by atoms with Crippen LogP contribution >= 0.6 is 0 Å². The summed E-state index contributed by atoms with van der Waals surface area (Å²) >= 11 is 0. The van der Waals surface area contributed by atoms with Crippen molar-refractivity contribution in [3.8, 4) is 0 Å². The Bertz CT molecular complexity index is 589. The van der Waals surface area contributed by atoms with Crippen LogP contribution < -0.4 is 5.32 Å². The molecule has 0 fully saturated rings. The van der Waals surface area contributed by atoms with E-state index in [0.717, 1.165) is 24.0 Å². The molecule has 0 spiro atoms. The van der Waals surface area contributed by atoms with E-state index in [4.69, 9.17) is 0 Å². The number of carbonyl (C=O) groups excluding carboxylic acids is 1. The fourth-order valence-corrected chi connectivity index (χ4v) is 2.97. The van der Waals surface area contributed by atoms with Crippen LogP contribution in [0.25, 0.3) is 0 Å². The number of carboxylic acids is 1. The fraction of sp³-hybridized carbons (Fsp3) is 0.375. The van der Waals surface area contributed by atoms with Crippen LogP contribution in [0.15, 0.2) is 36.4 Å². The molecule has 0 radical (unpaired) electrons. The van der Waals surface area contributed by atoms with Gasteiger partial charge in [0.2, 0.25) is 0 Å². The maximum atomic E-state index is 12.3. The predicted octanol–water partition coefficient (Wildman–Crippen LogP) is 2.10. The average Bonchev–Trinajstić information content (AvgIpc) is 2.98. The maximum absolute atomic E-state index is 12.3. The summed E-state index contributed by atoms with van der Waals surface area (Å²) in [5.74, 6) is -1.54. The minimum Gasteiger partial charge on any atom is -0.481 e. The summed E-state index contributed by atoms with van der Waals surface area (Å²) in [5, 5.41) is 12.4. The van der Waals surface area contributed by atoms with Gasteiger partial charge in [0, 0.05) is 19.1 Å². The third-order valence-electron chi connectivity index (χ3n) is 4.12. The molecule has 0 aromatic heterocycles. The van der Waals surface area contributed by atoms with Crippen molar-refractivity contribution in [1.29, 1.82) is 0 Å². The summed E-state index contributed by atoms with van der Waals surface area (Å²) < 4.78 is 0. The highest BCUT2D eigenvalue weighted by Crippen LogP contribution is 2.28. The van der Waals surface area contributed by atoms with Crippen molar-refractivity contribution in [2.24, 2.45) is 0 Å². The zero-order valence-electron chi connectivity index (χ0n) is 11.7. The smallest absolute Gasteiger partial charge is 0.317 e. The number of fused-ring (bicyclic) bond motifs is 1. The largest absolute Gasteiger partial charge is 0.481 e. The van der Waals surface area contributed by atoms with Crippen LogP contribution in [0.2, 0.25) is 0 Å². The molecule has 2 aliphatic rings. The van der Waals surface area contributed by atoms with Gasteiger partial charge in [0.15, 0.2) is 0 Å². The van der Waals surface area contributed by atoms with E-state index in [9.17, 15) is 14.7 Å². The van der Waals surface area contributed by atoms with Crippen LogP contribution in [0.3, 0.4) is 0 Å². The number of nitrogens with one attached hydrogen (secondary N) is 1. The number of urea groups is 1. The standard InChI is InChI=1S/C16H18N2O3/c19-15(20)14-10-18(9-11-5-1-4-8-13(11)14)16(21)17-12-6-2-3-7-12/h1-5,8,12,14H,6-7,9-10H2,(H,17,21)(H,19,20). The lowest BCUT2D eigenvalue weighted by Crippen LogP contribution is -2.48. The second-order valence-corrected chi connectivity index (χ2v) is 5.56. The van der Waals surface area contributed by atoms with Gasteiger partial charge in [-0.1, -0.05) is 36.4 Å². The summed E-state index contributed by atoms with van der Waals surface area (Å²) in [4.78, 5) is 25.4. The highest BCUT2D eigenvalue weighted by molar-refractivity contribution is 5.81. The number of carboxylic acid groups (broad SMARTS) is 1. The van der Waals surface area contributed by atoms with Crippen molar-refractivity contribution in [2.45, 2.75) is 31.3 Å². The lowest BCUT2D eigenvalue weighted by atomic mass is 9.90. The summed E-state index contributed by atoms with van der Waals surface area (Å²) in [5.41, 5.74) is 1.73. The molecule has 0 bridgehead atoms. The number of hydrogen-bond acceptors (Lipinski definition) is 2. The molecule has 0 saturated heterocycles. The number of carbonyl (C=O) groups is 2. The summed E-state index contributed by atoms with van der Waals surface area (Å²) in [7, 11) is 0. The number of nitrogens with zero attached hydrogens (tertiary/aromatic N) is 1. The van der Waals surface area contributed by atoms with Gasteiger partial charge in [-0.25, -0.2) is 4.79 Å². The molecule has 1 aromatic carbocycles. The minimum absolute atomic E-state index is 0.137. The molecule has 0 saturated carbocycles. The van der Waals surface area contributed by atoms with Crippen molar-refractivity contribution >= 4 is 12.0 Å². The van der Waals surface area contributed by atoms with Gasteiger partial charge < -0.3 is 15.3 Å². The Morgan fingerprint density at radius 3 is 2.62 bits per heavy atom. The third kappa shape index (κ3) is 2.77. The summed E-state index contributed by atoms with van der Waals surface area (Å²) in [6.07, 6.45) is 5.80. The number of hydrogen-bond donors (Lipinski definition) is 2. The van der Waals surface area contributed by atoms with E-state index in [2.05, 4.69) is 17.5 Å². The maximum Gasteiger partial charge on any atom is 0.317 e. The zero-order valence-corrected chi connectivity index (χ0v) is 11.7. The van der Waals surface area contributed by atoms with Crippen molar-refractivity contribution < 1.29 is 14.7 Å². The molecule has 110 valence electrons. The number of rotatable bonds is 2. The van der Waals surface area contributed by atoms with Crippen molar-refractivity contribution in [3.05, 3.63) is 47.5 Å². The predicted molar refractivity (Wildman–Crippen MR) is 77.9 cm³/mol. The van der Waals surface area contributed by atoms with E-state index in [0.29, 0.717) is 6.54 Å². The highest BCUT2D eigenvalue weighted by atomic mass is 16.4. The first kappa shape index (κ1) is 13.7. The normalized spacial score (nSPS) is 21.1. The Balaban J connectivity index is 1.76. The molecule has 5 nitrogen and oxygen atoms in total. The monoisotopic (exact) mass is 286 g/mol. The van der Waals surface area contributed by atoms with Crippen LogP contribution in [0.4, 0.5) is 4.79 Å². The summed E-state index contributed by atoms with van der Waals surface area (Å²) in [6.45, 7) is 0.685. The van der Waals surface area contributed by atoms with E-state index in [1.165, 1.54) is 0 Å². The molecule has 1 aliphatic heterocycles. The van der Waals surface area contributed by atoms with E-state index in [1.54, 1.807) is 4.90 Å². The Morgan fingerprint density at radius 2 is 1.90 bits per heavy atom. The Hall–Kier alpha value is -2.30. The molecule has 1 unspecified atom stereocenters. The molecule has 2 amide bonds. The number of amides is 2. The highest BCUT2D eigenvalue weighted by Gasteiger charge is 2.32. The molecule has 1 heterocycles. The second kappa shape index (κ2) is 5.60. The summed E-state index contributed by atoms with van der Waals surface area (Å²) in [6, 6.07) is 7.41. The molecule has 5 heteroatoms. The van der Waals surface area contributed by atoms with Crippen LogP contribution in [0.5, 0.6) is 0 Å². The van der Waals surface area contributed by atoms with Crippen LogP contribution in [-0.2, 0) is 11.3 Å². The van der Waals surface area contributed by atoms with E-state index in [-0.39, 0.29) is 18.6 Å². The molecular formula is C16H18N2O3. The second-order valence-electron chi connectivity index (χ2n) is 5.56. The van der Waals surface area contributed by atoms with Crippen molar-refractivity contribution in [1.82, 2.24) is 10.2 Å². The molecule has 21 heavy (non-hydrogen) atoms.